The Bertz CT molecular complexity index is 1640. The number of aromatic amines is 1. The van der Waals surface area contributed by atoms with Crippen LogP contribution in [0.25, 0.3) is 33.0 Å². The number of aliphatic hydroxyl groups excluding tert-OH is 1. The van der Waals surface area contributed by atoms with E-state index in [9.17, 15) is 24.3 Å². The molecular weight excluding hydrogens is 488 g/mol. The summed E-state index contributed by atoms with van der Waals surface area (Å²) in [6, 6.07) is 13.5. The number of ether oxygens (including phenoxy) is 1. The average Bonchev–Trinajstić information content (AvgIpc) is 3.56. The third-order valence-corrected chi connectivity index (χ3v) is 6.77. The van der Waals surface area contributed by atoms with E-state index in [2.05, 4.69) is 15.0 Å². The molecule has 0 unspecified atom stereocenters. The number of fused-ring (bicyclic) bond motifs is 2. The maximum absolute atomic E-state index is 13.4. The molecule has 3 heterocycles. The monoisotopic (exact) mass is 514 g/mol. The molecule has 38 heavy (non-hydrogen) atoms. The second kappa shape index (κ2) is 9.64. The number of amides is 3. The van der Waals surface area contributed by atoms with Crippen molar-refractivity contribution in [1.82, 2.24) is 19.8 Å². The molecule has 3 amide bonds. The topological polar surface area (TPSA) is 134 Å². The Balaban J connectivity index is 1.62. The number of nitrogens with one attached hydrogen (secondary N) is 2. The van der Waals surface area contributed by atoms with Crippen molar-refractivity contribution in [3.8, 4) is 0 Å². The zero-order chi connectivity index (χ0) is 27.1. The van der Waals surface area contributed by atoms with Gasteiger partial charge in [0.05, 0.1) is 24.4 Å². The second-order valence-electron chi connectivity index (χ2n) is 9.16. The van der Waals surface area contributed by atoms with Gasteiger partial charge in [-0.25, -0.2) is 4.79 Å². The molecule has 1 aliphatic heterocycles. The molecule has 0 aliphatic carbocycles. The summed E-state index contributed by atoms with van der Waals surface area (Å²) in [7, 11) is 2.62. The summed E-state index contributed by atoms with van der Waals surface area (Å²) >= 11 is 0. The quantitative estimate of drug-likeness (QED) is 0.255. The lowest BCUT2D eigenvalue weighted by Gasteiger charge is -2.19. The van der Waals surface area contributed by atoms with Gasteiger partial charge < -0.3 is 24.7 Å². The van der Waals surface area contributed by atoms with Gasteiger partial charge in [0.1, 0.15) is 6.54 Å². The summed E-state index contributed by atoms with van der Waals surface area (Å²) in [5, 5.41) is 13.9. The molecule has 5 rings (SSSR count). The van der Waals surface area contributed by atoms with Gasteiger partial charge in [-0.2, -0.15) is 0 Å². The largest absolute Gasteiger partial charge is 0.467 e. The Morgan fingerprint density at radius 2 is 1.63 bits per heavy atom. The van der Waals surface area contributed by atoms with Gasteiger partial charge in [-0.05, 0) is 19.1 Å². The first-order valence-corrected chi connectivity index (χ1v) is 12.0. The number of aromatic nitrogens is 2. The number of hydrogen-bond acceptors (Lipinski definition) is 6. The van der Waals surface area contributed by atoms with E-state index in [-0.39, 0.29) is 17.7 Å². The number of aliphatic hydroxyl groups is 1. The van der Waals surface area contributed by atoms with Crippen LogP contribution < -0.4 is 5.32 Å². The number of carbonyl (C=O) groups excluding carboxylic acids is 4. The van der Waals surface area contributed by atoms with E-state index in [1.807, 2.05) is 36.4 Å². The highest BCUT2D eigenvalue weighted by Gasteiger charge is 2.39. The Morgan fingerprint density at radius 1 is 1.00 bits per heavy atom. The molecule has 0 saturated heterocycles. The number of likely N-dealkylation sites (N-methyl/N-ethyl adjacent to an activating group) is 1. The van der Waals surface area contributed by atoms with Crippen molar-refractivity contribution in [2.75, 3.05) is 14.2 Å². The van der Waals surface area contributed by atoms with Crippen LogP contribution in [0.2, 0.25) is 0 Å². The number of carbonyl (C=O) groups is 4. The summed E-state index contributed by atoms with van der Waals surface area (Å²) in [6.07, 6.45) is 2.22. The SMILES string of the molecule is COC(=O)[C@@H](NC(=O)Cn1cc(C2=C(c3c[nH]c4ccccc34)C(=O)N(C)C2=O)c2ccccc21)[C@@H](C)O. The van der Waals surface area contributed by atoms with Gasteiger partial charge in [0, 0.05) is 52.4 Å². The first kappa shape index (κ1) is 25.0. The van der Waals surface area contributed by atoms with E-state index < -0.39 is 35.8 Å². The van der Waals surface area contributed by atoms with Gasteiger partial charge in [0.15, 0.2) is 6.04 Å². The summed E-state index contributed by atoms with van der Waals surface area (Å²) in [5.74, 6) is -2.16. The normalized spacial score (nSPS) is 15.4. The number of benzene rings is 2. The van der Waals surface area contributed by atoms with Gasteiger partial charge >= 0.3 is 5.97 Å². The van der Waals surface area contributed by atoms with Gasteiger partial charge in [-0.1, -0.05) is 36.4 Å². The number of rotatable bonds is 7. The molecule has 4 aromatic rings. The number of methoxy groups -OCH3 is 1. The molecule has 0 bridgehead atoms. The van der Waals surface area contributed by atoms with E-state index in [1.54, 1.807) is 29.1 Å². The van der Waals surface area contributed by atoms with Crippen molar-refractivity contribution in [3.05, 3.63) is 72.1 Å². The van der Waals surface area contributed by atoms with E-state index in [4.69, 9.17) is 0 Å². The molecule has 0 saturated carbocycles. The second-order valence-corrected chi connectivity index (χ2v) is 9.16. The number of hydrogen-bond donors (Lipinski definition) is 3. The van der Waals surface area contributed by atoms with E-state index in [0.29, 0.717) is 22.0 Å². The van der Waals surface area contributed by atoms with Crippen LogP contribution in [-0.2, 0) is 30.5 Å². The third kappa shape index (κ3) is 4.04. The minimum atomic E-state index is -1.23. The molecule has 10 nitrogen and oxygen atoms in total. The number of imide groups is 1. The maximum atomic E-state index is 13.4. The molecule has 0 spiro atoms. The van der Waals surface area contributed by atoms with E-state index in [0.717, 1.165) is 15.8 Å². The zero-order valence-electron chi connectivity index (χ0n) is 21.0. The fraction of sp³-hybridized carbons (Fsp3) is 0.214. The highest BCUT2D eigenvalue weighted by atomic mass is 16.5. The zero-order valence-corrected chi connectivity index (χ0v) is 21.0. The lowest BCUT2D eigenvalue weighted by molar-refractivity contribution is -0.148. The van der Waals surface area contributed by atoms with Crippen molar-refractivity contribution in [2.45, 2.75) is 25.6 Å². The Morgan fingerprint density at radius 3 is 2.32 bits per heavy atom. The minimum absolute atomic E-state index is 0.200. The molecule has 1 aliphatic rings. The highest BCUT2D eigenvalue weighted by Crippen LogP contribution is 2.40. The van der Waals surface area contributed by atoms with Crippen molar-refractivity contribution >= 4 is 56.6 Å². The number of para-hydroxylation sites is 2. The van der Waals surface area contributed by atoms with E-state index >= 15 is 0 Å². The van der Waals surface area contributed by atoms with Crippen LogP contribution in [0.4, 0.5) is 0 Å². The van der Waals surface area contributed by atoms with Crippen LogP contribution in [0.15, 0.2) is 60.9 Å². The molecule has 0 radical (unpaired) electrons. The van der Waals surface area contributed by atoms with Gasteiger partial charge in [-0.3, -0.25) is 19.3 Å². The Kier molecular flexibility index (Phi) is 6.33. The molecule has 2 aromatic heterocycles. The van der Waals surface area contributed by atoms with Crippen molar-refractivity contribution < 1.29 is 29.0 Å². The fourth-order valence-corrected chi connectivity index (χ4v) is 4.87. The molecular formula is C28H26N4O6. The fourth-order valence-electron chi connectivity index (χ4n) is 4.87. The predicted molar refractivity (Wildman–Crippen MR) is 140 cm³/mol. The lowest BCUT2D eigenvalue weighted by Crippen LogP contribution is -2.49. The summed E-state index contributed by atoms with van der Waals surface area (Å²) in [4.78, 5) is 55.9. The number of H-pyrrole nitrogens is 1. The van der Waals surface area contributed by atoms with Gasteiger partial charge in [-0.15, -0.1) is 0 Å². The number of nitrogens with zero attached hydrogens (tertiary/aromatic N) is 2. The van der Waals surface area contributed by atoms with Crippen LogP contribution >= 0.6 is 0 Å². The van der Waals surface area contributed by atoms with Crippen molar-refractivity contribution in [1.29, 1.82) is 0 Å². The molecule has 2 aromatic carbocycles. The first-order chi connectivity index (χ1) is 18.2. The Hall–Kier alpha value is -4.70. The van der Waals surface area contributed by atoms with Crippen LogP contribution in [0.5, 0.6) is 0 Å². The smallest absolute Gasteiger partial charge is 0.331 e. The molecule has 0 fully saturated rings. The van der Waals surface area contributed by atoms with Gasteiger partial charge in [0.2, 0.25) is 5.91 Å². The Labute approximate surface area is 217 Å². The van der Waals surface area contributed by atoms with Crippen LogP contribution in [-0.4, -0.2) is 69.6 Å². The molecule has 3 N–H and O–H groups in total. The van der Waals surface area contributed by atoms with Gasteiger partial charge in [0.25, 0.3) is 11.8 Å². The third-order valence-electron chi connectivity index (χ3n) is 6.77. The maximum Gasteiger partial charge on any atom is 0.331 e. The van der Waals surface area contributed by atoms with E-state index in [1.165, 1.54) is 21.1 Å². The van der Waals surface area contributed by atoms with Crippen LogP contribution in [0, 0.1) is 0 Å². The lowest BCUT2D eigenvalue weighted by atomic mass is 9.95. The molecule has 194 valence electrons. The molecule has 10 heteroatoms. The highest BCUT2D eigenvalue weighted by molar-refractivity contribution is 6.50. The summed E-state index contributed by atoms with van der Waals surface area (Å²) in [5.41, 5.74) is 3.14. The van der Waals surface area contributed by atoms with Crippen LogP contribution in [0.1, 0.15) is 18.1 Å². The summed E-state index contributed by atoms with van der Waals surface area (Å²) < 4.78 is 6.32. The van der Waals surface area contributed by atoms with Crippen LogP contribution in [0.3, 0.4) is 0 Å². The van der Waals surface area contributed by atoms with Crippen molar-refractivity contribution in [2.24, 2.45) is 0 Å². The first-order valence-electron chi connectivity index (χ1n) is 12.0. The number of esters is 1. The average molecular weight is 515 g/mol. The molecule has 2 atom stereocenters. The standard InChI is InChI=1S/C28H26N4O6/c1-15(33)25(28(37)38-3)30-22(34)14-32-13-19(17-9-5-7-11-21(17)32)24-23(26(35)31(2)27(24)36)18-12-29-20-10-6-4-8-16(18)20/h4-13,15,25,29,33H,14H2,1-3H3,(H,30,34)/t15-,25+/m1/s1. The predicted octanol–water partition coefficient (Wildman–Crippen LogP) is 2.07. The van der Waals surface area contributed by atoms with Crippen molar-refractivity contribution in [3.63, 3.8) is 0 Å². The summed E-state index contributed by atoms with van der Waals surface area (Å²) in [6.45, 7) is 1.18. The minimum Gasteiger partial charge on any atom is -0.467 e.